The molecule has 1 aromatic carbocycles. The Bertz CT molecular complexity index is 579. The maximum atomic E-state index is 12.1. The van der Waals surface area contributed by atoms with E-state index in [1.54, 1.807) is 4.90 Å². The maximum absolute atomic E-state index is 12.1. The number of nitrogens with one attached hydrogen (secondary N) is 1. The lowest BCUT2D eigenvalue weighted by Gasteiger charge is -2.39. The lowest BCUT2D eigenvalue weighted by Crippen LogP contribution is -2.59. The summed E-state index contributed by atoms with van der Waals surface area (Å²) in [6, 6.07) is 9.32. The molecule has 1 aromatic rings. The molecule has 2 heterocycles. The fourth-order valence-electron chi connectivity index (χ4n) is 2.82. The number of likely N-dealkylation sites (tertiary alicyclic amines) is 1. The van der Waals surface area contributed by atoms with Gasteiger partial charge in [0.05, 0.1) is 5.92 Å². The molecule has 0 aromatic heterocycles. The number of carbonyl (C=O) groups is 3. The number of benzene rings is 1. The van der Waals surface area contributed by atoms with Gasteiger partial charge < -0.3 is 15.0 Å². The van der Waals surface area contributed by atoms with Crippen molar-refractivity contribution in [2.45, 2.75) is 25.5 Å². The second-order valence-corrected chi connectivity index (χ2v) is 5.69. The van der Waals surface area contributed by atoms with Crippen LogP contribution in [0.25, 0.3) is 0 Å². The van der Waals surface area contributed by atoms with Gasteiger partial charge in [-0.2, -0.15) is 0 Å². The first-order chi connectivity index (χ1) is 10.6. The molecule has 0 saturated carbocycles. The van der Waals surface area contributed by atoms with Gasteiger partial charge in [0.15, 0.2) is 0 Å². The van der Waals surface area contributed by atoms with Gasteiger partial charge in [0.2, 0.25) is 5.91 Å². The highest BCUT2D eigenvalue weighted by Gasteiger charge is 2.41. The molecule has 2 amide bonds. The third kappa shape index (κ3) is 3.10. The lowest BCUT2D eigenvalue weighted by molar-refractivity contribution is -0.134. The Morgan fingerprint density at radius 3 is 2.68 bits per heavy atom. The highest BCUT2D eigenvalue weighted by molar-refractivity contribution is 5.89. The number of piperidine rings is 1. The molecule has 2 saturated heterocycles. The van der Waals surface area contributed by atoms with E-state index < -0.39 is 6.09 Å². The predicted octanol–water partition coefficient (Wildman–Crippen LogP) is 1.10. The van der Waals surface area contributed by atoms with Crippen molar-refractivity contribution in [1.29, 1.82) is 0 Å². The van der Waals surface area contributed by atoms with Crippen LogP contribution in [0.1, 0.15) is 18.4 Å². The Balaban J connectivity index is 1.54. The van der Waals surface area contributed by atoms with Crippen molar-refractivity contribution in [2.24, 2.45) is 5.92 Å². The molecular formula is C16H18N2O4. The van der Waals surface area contributed by atoms with E-state index in [0.29, 0.717) is 25.9 Å². The van der Waals surface area contributed by atoms with Crippen molar-refractivity contribution in [1.82, 2.24) is 10.2 Å². The van der Waals surface area contributed by atoms with Crippen molar-refractivity contribution in [2.75, 3.05) is 13.1 Å². The molecule has 2 aliphatic rings. The molecule has 2 aliphatic heterocycles. The van der Waals surface area contributed by atoms with Crippen molar-refractivity contribution in [3.63, 3.8) is 0 Å². The minimum atomic E-state index is -0.410. The fourth-order valence-corrected chi connectivity index (χ4v) is 2.82. The standard InChI is InChI=1S/C16H18N2O4/c19-14-6-7-18(9-12(14)13-8-15(20)17-13)16(21)22-10-11-4-2-1-3-5-11/h1-5,12-13H,6-10H2,(H,17,20)/t12-,13+/m1/s1. The Morgan fingerprint density at radius 2 is 2.00 bits per heavy atom. The first-order valence-corrected chi connectivity index (χ1v) is 7.41. The van der Waals surface area contributed by atoms with Crippen LogP contribution in [0.3, 0.4) is 0 Å². The third-order valence-corrected chi connectivity index (χ3v) is 4.16. The largest absolute Gasteiger partial charge is 0.445 e. The van der Waals surface area contributed by atoms with E-state index in [9.17, 15) is 14.4 Å². The zero-order valence-electron chi connectivity index (χ0n) is 12.2. The summed E-state index contributed by atoms with van der Waals surface area (Å²) in [5, 5.41) is 2.72. The van der Waals surface area contributed by atoms with Gasteiger partial charge in [0.1, 0.15) is 12.4 Å². The Kier molecular flexibility index (Phi) is 4.09. The molecule has 3 rings (SSSR count). The summed E-state index contributed by atoms with van der Waals surface area (Å²) in [5.74, 6) is -0.241. The van der Waals surface area contributed by atoms with E-state index in [0.717, 1.165) is 5.56 Å². The normalized spacial score (nSPS) is 24.5. The quantitative estimate of drug-likeness (QED) is 0.848. The number of hydrogen-bond acceptors (Lipinski definition) is 4. The number of nitrogens with zero attached hydrogens (tertiary/aromatic N) is 1. The monoisotopic (exact) mass is 302 g/mol. The average molecular weight is 302 g/mol. The van der Waals surface area contributed by atoms with Crippen LogP contribution in [0.2, 0.25) is 0 Å². The van der Waals surface area contributed by atoms with Crippen molar-refractivity contribution >= 4 is 17.8 Å². The number of ketones is 1. The Labute approximate surface area is 128 Å². The molecule has 2 atom stereocenters. The zero-order valence-corrected chi connectivity index (χ0v) is 12.2. The second kappa shape index (κ2) is 6.17. The predicted molar refractivity (Wildman–Crippen MR) is 77.9 cm³/mol. The Morgan fingerprint density at radius 1 is 1.27 bits per heavy atom. The molecule has 116 valence electrons. The third-order valence-electron chi connectivity index (χ3n) is 4.16. The van der Waals surface area contributed by atoms with Crippen LogP contribution in [0.5, 0.6) is 0 Å². The number of β-lactam (4-membered cyclic amide) rings is 1. The molecule has 0 bridgehead atoms. The van der Waals surface area contributed by atoms with Gasteiger partial charge in [-0.15, -0.1) is 0 Å². The summed E-state index contributed by atoms with van der Waals surface area (Å²) in [5.41, 5.74) is 0.923. The molecule has 22 heavy (non-hydrogen) atoms. The van der Waals surface area contributed by atoms with Crippen LogP contribution in [-0.4, -0.2) is 41.8 Å². The van der Waals surface area contributed by atoms with Crippen molar-refractivity contribution in [3.8, 4) is 0 Å². The lowest BCUT2D eigenvalue weighted by atomic mass is 9.84. The van der Waals surface area contributed by atoms with Crippen molar-refractivity contribution < 1.29 is 19.1 Å². The molecular weight excluding hydrogens is 284 g/mol. The molecule has 0 aliphatic carbocycles. The van der Waals surface area contributed by atoms with Crippen LogP contribution in [-0.2, 0) is 20.9 Å². The Hall–Kier alpha value is -2.37. The van der Waals surface area contributed by atoms with Crippen LogP contribution in [0.4, 0.5) is 4.79 Å². The van der Waals surface area contributed by atoms with E-state index in [1.165, 1.54) is 0 Å². The molecule has 6 heteroatoms. The summed E-state index contributed by atoms with van der Waals surface area (Å²) < 4.78 is 5.29. The smallest absolute Gasteiger partial charge is 0.410 e. The van der Waals surface area contributed by atoms with Crippen LogP contribution in [0.15, 0.2) is 30.3 Å². The second-order valence-electron chi connectivity index (χ2n) is 5.69. The molecule has 0 unspecified atom stereocenters. The summed E-state index contributed by atoms with van der Waals surface area (Å²) in [6.07, 6.45) is 0.271. The van der Waals surface area contributed by atoms with Gasteiger partial charge >= 0.3 is 6.09 Å². The van der Waals surface area contributed by atoms with Crippen LogP contribution >= 0.6 is 0 Å². The summed E-state index contributed by atoms with van der Waals surface area (Å²) in [4.78, 5) is 36.6. The number of rotatable bonds is 3. The highest BCUT2D eigenvalue weighted by atomic mass is 16.6. The number of carbonyl (C=O) groups excluding carboxylic acids is 3. The number of amides is 2. The maximum Gasteiger partial charge on any atom is 0.410 e. The summed E-state index contributed by atoms with van der Waals surface area (Å²) >= 11 is 0. The summed E-state index contributed by atoms with van der Waals surface area (Å²) in [7, 11) is 0. The first-order valence-electron chi connectivity index (χ1n) is 7.41. The number of hydrogen-bond donors (Lipinski definition) is 1. The zero-order chi connectivity index (χ0) is 15.5. The van der Waals surface area contributed by atoms with Gasteiger partial charge in [0.25, 0.3) is 0 Å². The molecule has 1 N–H and O–H groups in total. The number of ether oxygens (including phenoxy) is 1. The first kappa shape index (κ1) is 14.6. The summed E-state index contributed by atoms with van der Waals surface area (Å²) in [6.45, 7) is 0.913. The van der Waals surface area contributed by atoms with E-state index in [-0.39, 0.29) is 30.3 Å². The molecule has 0 radical (unpaired) electrons. The number of Topliss-reactive ketones (excluding diaryl/α,β-unsaturated/α-hetero) is 1. The van der Waals surface area contributed by atoms with E-state index in [2.05, 4.69) is 5.32 Å². The van der Waals surface area contributed by atoms with Crippen LogP contribution < -0.4 is 5.32 Å². The van der Waals surface area contributed by atoms with Gasteiger partial charge in [-0.05, 0) is 5.56 Å². The minimum absolute atomic E-state index is 0.0402. The molecule has 0 spiro atoms. The topological polar surface area (TPSA) is 75.7 Å². The highest BCUT2D eigenvalue weighted by Crippen LogP contribution is 2.23. The minimum Gasteiger partial charge on any atom is -0.445 e. The SMILES string of the molecule is O=C1C[C@@H]([C@H]2CN(C(=O)OCc3ccccc3)CCC2=O)N1. The van der Waals surface area contributed by atoms with E-state index in [1.807, 2.05) is 30.3 Å². The van der Waals surface area contributed by atoms with Gasteiger partial charge in [-0.25, -0.2) is 4.79 Å². The van der Waals surface area contributed by atoms with Crippen molar-refractivity contribution in [3.05, 3.63) is 35.9 Å². The van der Waals surface area contributed by atoms with Gasteiger partial charge in [0, 0.05) is 32.0 Å². The van der Waals surface area contributed by atoms with Gasteiger partial charge in [-0.3, -0.25) is 9.59 Å². The molecule has 2 fully saturated rings. The fraction of sp³-hybridized carbons (Fsp3) is 0.438. The van der Waals surface area contributed by atoms with E-state index in [4.69, 9.17) is 4.74 Å². The molecule has 6 nitrogen and oxygen atoms in total. The average Bonchev–Trinajstić information content (AvgIpc) is 2.51. The van der Waals surface area contributed by atoms with Gasteiger partial charge in [-0.1, -0.05) is 30.3 Å². The van der Waals surface area contributed by atoms with Crippen LogP contribution in [0, 0.1) is 5.92 Å². The van der Waals surface area contributed by atoms with E-state index >= 15 is 0 Å².